The van der Waals surface area contributed by atoms with E-state index in [0.29, 0.717) is 5.92 Å². The van der Waals surface area contributed by atoms with Crippen LogP contribution in [0.4, 0.5) is 0 Å². The van der Waals surface area contributed by atoms with Gasteiger partial charge in [0, 0.05) is 12.6 Å². The van der Waals surface area contributed by atoms with Crippen molar-refractivity contribution in [3.8, 4) is 0 Å². The van der Waals surface area contributed by atoms with Gasteiger partial charge in [-0.25, -0.2) is 0 Å². The van der Waals surface area contributed by atoms with E-state index < -0.39 is 5.60 Å². The zero-order valence-corrected chi connectivity index (χ0v) is 12.0. The summed E-state index contributed by atoms with van der Waals surface area (Å²) >= 11 is 0. The number of aliphatic hydroxyl groups is 1. The maximum atomic E-state index is 10.5. The van der Waals surface area contributed by atoms with Gasteiger partial charge in [-0.1, -0.05) is 42.5 Å². The molecule has 1 aliphatic carbocycles. The molecule has 0 unspecified atom stereocenters. The highest BCUT2D eigenvalue weighted by Gasteiger charge is 2.38. The summed E-state index contributed by atoms with van der Waals surface area (Å²) in [5.74, 6) is 0.536. The van der Waals surface area contributed by atoms with Gasteiger partial charge in [0.05, 0.1) is 5.60 Å². The second-order valence-electron chi connectivity index (χ2n) is 6.09. The number of rotatable bonds is 4. The van der Waals surface area contributed by atoms with Crippen molar-refractivity contribution in [3.63, 3.8) is 0 Å². The maximum absolute atomic E-state index is 10.5. The zero-order chi connectivity index (χ0) is 13.9. The van der Waals surface area contributed by atoms with Crippen molar-refractivity contribution >= 4 is 0 Å². The van der Waals surface area contributed by atoms with Crippen molar-refractivity contribution in [2.24, 2.45) is 5.92 Å². The average molecular weight is 259 g/mol. The largest absolute Gasteiger partial charge is 0.389 e. The highest BCUT2D eigenvalue weighted by atomic mass is 16.3. The summed E-state index contributed by atoms with van der Waals surface area (Å²) in [7, 11) is 0. The molecule has 19 heavy (non-hydrogen) atoms. The summed E-state index contributed by atoms with van der Waals surface area (Å²) in [5, 5.41) is 14.0. The van der Waals surface area contributed by atoms with Crippen LogP contribution < -0.4 is 5.32 Å². The fourth-order valence-corrected chi connectivity index (χ4v) is 2.88. The summed E-state index contributed by atoms with van der Waals surface area (Å²) in [6.07, 6.45) is 2.87. The van der Waals surface area contributed by atoms with Gasteiger partial charge in [-0.3, -0.25) is 0 Å². The van der Waals surface area contributed by atoms with E-state index >= 15 is 0 Å². The monoisotopic (exact) mass is 259 g/mol. The van der Waals surface area contributed by atoms with Crippen LogP contribution in [0.2, 0.25) is 0 Å². The van der Waals surface area contributed by atoms with Crippen molar-refractivity contribution in [2.45, 2.75) is 51.3 Å². The van der Waals surface area contributed by atoms with Crippen LogP contribution in [0.3, 0.4) is 0 Å². The van der Waals surface area contributed by atoms with Crippen LogP contribution in [-0.2, 0) is 6.54 Å². The van der Waals surface area contributed by atoms with Gasteiger partial charge in [-0.05, 0) is 44.6 Å². The minimum atomic E-state index is -0.610. The van der Waals surface area contributed by atoms with E-state index in [1.165, 1.54) is 11.1 Å². The predicted molar refractivity (Wildman–Crippen MR) is 79.8 cm³/mol. The Morgan fingerprint density at radius 3 is 2.74 bits per heavy atom. The Hall–Kier alpha value is -1.12. The molecule has 0 radical (unpaired) electrons. The molecule has 0 heterocycles. The van der Waals surface area contributed by atoms with Gasteiger partial charge in [-0.2, -0.15) is 0 Å². The minimum absolute atomic E-state index is 0.142. The average Bonchev–Trinajstić information content (AvgIpc) is 2.38. The Balaban J connectivity index is 1.97. The molecule has 2 N–H and O–H groups in total. The van der Waals surface area contributed by atoms with Crippen LogP contribution in [0.25, 0.3) is 0 Å². The second kappa shape index (κ2) is 5.89. The summed E-state index contributed by atoms with van der Waals surface area (Å²) in [6, 6.07) is 10.5. The Bertz CT molecular complexity index is 424. The first-order valence-electron chi connectivity index (χ1n) is 7.14. The molecule has 1 aromatic rings. The Morgan fingerprint density at radius 2 is 2.11 bits per heavy atom. The number of hydrogen-bond acceptors (Lipinski definition) is 2. The molecule has 0 aliphatic heterocycles. The third-order valence-corrected chi connectivity index (χ3v) is 4.36. The fraction of sp³-hybridized carbons (Fsp3) is 0.529. The van der Waals surface area contributed by atoms with E-state index in [1.807, 2.05) is 25.1 Å². The van der Waals surface area contributed by atoms with Gasteiger partial charge >= 0.3 is 0 Å². The second-order valence-corrected chi connectivity index (χ2v) is 6.09. The van der Waals surface area contributed by atoms with Crippen molar-refractivity contribution in [3.05, 3.63) is 48.0 Å². The zero-order valence-electron chi connectivity index (χ0n) is 12.0. The molecular formula is C17H25NO. The first kappa shape index (κ1) is 14.3. The van der Waals surface area contributed by atoms with Gasteiger partial charge in [0.2, 0.25) is 0 Å². The van der Waals surface area contributed by atoms with Crippen molar-refractivity contribution < 1.29 is 5.11 Å². The quantitative estimate of drug-likeness (QED) is 0.813. The van der Waals surface area contributed by atoms with Gasteiger partial charge < -0.3 is 10.4 Å². The van der Waals surface area contributed by atoms with Crippen LogP contribution in [-0.4, -0.2) is 16.7 Å². The molecule has 1 saturated carbocycles. The lowest BCUT2D eigenvalue weighted by Gasteiger charge is -2.41. The lowest BCUT2D eigenvalue weighted by molar-refractivity contribution is -0.0205. The van der Waals surface area contributed by atoms with E-state index in [1.54, 1.807) is 0 Å². The fourth-order valence-electron chi connectivity index (χ4n) is 2.88. The van der Waals surface area contributed by atoms with E-state index in [-0.39, 0.29) is 6.04 Å². The molecule has 2 rings (SSSR count). The summed E-state index contributed by atoms with van der Waals surface area (Å²) < 4.78 is 0. The normalized spacial score (nSPS) is 31.1. The summed E-state index contributed by atoms with van der Waals surface area (Å²) in [4.78, 5) is 0. The molecule has 0 saturated heterocycles. The molecule has 0 bridgehead atoms. The van der Waals surface area contributed by atoms with Gasteiger partial charge in [0.1, 0.15) is 0 Å². The van der Waals surface area contributed by atoms with E-state index in [4.69, 9.17) is 0 Å². The first-order valence-corrected chi connectivity index (χ1v) is 7.14. The number of nitrogens with one attached hydrogen (secondary N) is 1. The standard InChI is InChI=1S/C17H25NO/c1-13(2)15-9-10-17(3,19)16(11-15)18-12-14-7-5-4-6-8-14/h4-8,15-16,18-19H,1,9-12H2,2-3H3/t15-,16-,17-/m1/s1. The Labute approximate surface area is 116 Å². The van der Waals surface area contributed by atoms with Crippen LogP contribution in [0.1, 0.15) is 38.7 Å². The number of hydrogen-bond donors (Lipinski definition) is 2. The van der Waals surface area contributed by atoms with Crippen LogP contribution in [0.15, 0.2) is 42.5 Å². The molecule has 1 fully saturated rings. The lowest BCUT2D eigenvalue weighted by atomic mass is 9.74. The highest BCUT2D eigenvalue weighted by Crippen LogP contribution is 2.35. The molecule has 2 heteroatoms. The molecular weight excluding hydrogens is 234 g/mol. The maximum Gasteiger partial charge on any atom is 0.0772 e. The first-order chi connectivity index (χ1) is 8.99. The summed E-state index contributed by atoms with van der Waals surface area (Å²) in [5.41, 5.74) is 1.89. The molecule has 104 valence electrons. The molecule has 0 amide bonds. The molecule has 1 aromatic carbocycles. The third-order valence-electron chi connectivity index (χ3n) is 4.36. The lowest BCUT2D eigenvalue weighted by Crippen LogP contribution is -2.52. The molecule has 1 aliphatic rings. The van der Waals surface area contributed by atoms with Crippen LogP contribution >= 0.6 is 0 Å². The van der Waals surface area contributed by atoms with Gasteiger partial charge in [0.25, 0.3) is 0 Å². The molecule has 2 nitrogen and oxygen atoms in total. The van der Waals surface area contributed by atoms with Crippen molar-refractivity contribution in [2.75, 3.05) is 0 Å². The highest BCUT2D eigenvalue weighted by molar-refractivity contribution is 5.15. The topological polar surface area (TPSA) is 32.3 Å². The molecule has 3 atom stereocenters. The van der Waals surface area contributed by atoms with Gasteiger partial charge in [-0.15, -0.1) is 0 Å². The number of allylic oxidation sites excluding steroid dienone is 1. The Morgan fingerprint density at radius 1 is 1.42 bits per heavy atom. The molecule has 0 spiro atoms. The number of benzene rings is 1. The van der Waals surface area contributed by atoms with E-state index in [2.05, 4.69) is 31.0 Å². The third kappa shape index (κ3) is 3.68. The summed E-state index contributed by atoms with van der Waals surface area (Å²) in [6.45, 7) is 8.92. The van der Waals surface area contributed by atoms with Crippen molar-refractivity contribution in [1.29, 1.82) is 0 Å². The Kier molecular flexibility index (Phi) is 4.43. The minimum Gasteiger partial charge on any atom is -0.389 e. The smallest absolute Gasteiger partial charge is 0.0772 e. The SMILES string of the molecule is C=C(C)[C@@H]1CC[C@@](C)(O)[C@H](NCc2ccccc2)C1. The van der Waals surface area contributed by atoms with E-state index in [0.717, 1.165) is 25.8 Å². The van der Waals surface area contributed by atoms with E-state index in [9.17, 15) is 5.11 Å². The predicted octanol–water partition coefficient (Wildman–Crippen LogP) is 3.27. The molecule has 0 aromatic heterocycles. The van der Waals surface area contributed by atoms with Gasteiger partial charge in [0.15, 0.2) is 0 Å². The van der Waals surface area contributed by atoms with Crippen LogP contribution in [0.5, 0.6) is 0 Å². The van der Waals surface area contributed by atoms with Crippen molar-refractivity contribution in [1.82, 2.24) is 5.32 Å². The van der Waals surface area contributed by atoms with Crippen LogP contribution in [0, 0.1) is 5.92 Å².